The predicted octanol–water partition coefficient (Wildman–Crippen LogP) is 5.03. The first-order valence-corrected chi connectivity index (χ1v) is 14.0. The van der Waals surface area contributed by atoms with E-state index in [-0.39, 0.29) is 0 Å². The molecule has 9 heteroatoms. The zero-order chi connectivity index (χ0) is 26.3. The number of rotatable bonds is 5. The molecule has 2 fully saturated rings. The lowest BCUT2D eigenvalue weighted by atomic mass is 9.89. The fourth-order valence-corrected chi connectivity index (χ4v) is 6.38. The topological polar surface area (TPSA) is 104 Å². The van der Waals surface area contributed by atoms with Crippen molar-refractivity contribution in [2.45, 2.75) is 37.8 Å². The molecule has 200 valence electrons. The van der Waals surface area contributed by atoms with E-state index in [0.29, 0.717) is 17.9 Å². The SMILES string of the molecule is CN1CCN(C2CCC(n3cc(-c4ccc(Nc5nc6ccccc6[nH]5)cc4)c4c(N)ncnc43)CC2)CC1. The van der Waals surface area contributed by atoms with Crippen LogP contribution in [-0.2, 0) is 0 Å². The minimum absolute atomic E-state index is 0.424. The van der Waals surface area contributed by atoms with Gasteiger partial charge in [-0.1, -0.05) is 24.3 Å². The molecule has 3 aromatic heterocycles. The lowest BCUT2D eigenvalue weighted by molar-refractivity contribution is 0.0828. The highest BCUT2D eigenvalue weighted by molar-refractivity contribution is 6.00. The number of fused-ring (bicyclic) bond motifs is 2. The summed E-state index contributed by atoms with van der Waals surface area (Å²) in [4.78, 5) is 22.1. The molecular formula is C30H35N9. The van der Waals surface area contributed by atoms with Gasteiger partial charge in [0, 0.05) is 55.7 Å². The third-order valence-electron chi connectivity index (χ3n) is 8.60. The number of para-hydroxylation sites is 2. The summed E-state index contributed by atoms with van der Waals surface area (Å²) in [5.41, 5.74) is 12.5. The van der Waals surface area contributed by atoms with Gasteiger partial charge in [-0.25, -0.2) is 15.0 Å². The number of piperazine rings is 1. The fourth-order valence-electron chi connectivity index (χ4n) is 6.38. The van der Waals surface area contributed by atoms with Gasteiger partial charge in [-0.15, -0.1) is 0 Å². The van der Waals surface area contributed by atoms with Crippen molar-refractivity contribution in [2.24, 2.45) is 0 Å². The van der Waals surface area contributed by atoms with Crippen LogP contribution in [-0.4, -0.2) is 73.6 Å². The number of likely N-dealkylation sites (N-methyl/N-ethyl adjacent to an activating group) is 1. The molecule has 1 aliphatic heterocycles. The summed E-state index contributed by atoms with van der Waals surface area (Å²) in [6, 6.07) is 17.5. The second-order valence-electron chi connectivity index (χ2n) is 11.0. The average molecular weight is 522 g/mol. The maximum atomic E-state index is 6.44. The van der Waals surface area contributed by atoms with Crippen LogP contribution in [0.4, 0.5) is 17.5 Å². The molecule has 7 rings (SSSR count). The van der Waals surface area contributed by atoms with E-state index in [9.17, 15) is 0 Å². The molecule has 0 unspecified atom stereocenters. The Hall–Kier alpha value is -3.95. The van der Waals surface area contributed by atoms with Crippen molar-refractivity contribution < 1.29 is 0 Å². The first-order valence-electron chi connectivity index (χ1n) is 14.0. The number of nitrogens with one attached hydrogen (secondary N) is 2. The third-order valence-corrected chi connectivity index (χ3v) is 8.60. The summed E-state index contributed by atoms with van der Waals surface area (Å²) in [6.07, 6.45) is 8.61. The molecule has 2 aliphatic rings. The Morgan fingerprint density at radius 3 is 2.41 bits per heavy atom. The van der Waals surface area contributed by atoms with Crippen molar-refractivity contribution in [1.29, 1.82) is 0 Å². The molecule has 5 aromatic rings. The summed E-state index contributed by atoms with van der Waals surface area (Å²) in [7, 11) is 2.22. The summed E-state index contributed by atoms with van der Waals surface area (Å²) in [6.45, 7) is 4.73. The van der Waals surface area contributed by atoms with Gasteiger partial charge in [0.2, 0.25) is 5.95 Å². The molecular weight excluding hydrogens is 486 g/mol. The van der Waals surface area contributed by atoms with Gasteiger partial charge < -0.3 is 25.5 Å². The highest BCUT2D eigenvalue weighted by Gasteiger charge is 2.30. The number of hydrogen-bond donors (Lipinski definition) is 3. The van der Waals surface area contributed by atoms with E-state index in [0.717, 1.165) is 57.7 Å². The number of aromatic nitrogens is 5. The van der Waals surface area contributed by atoms with Crippen LogP contribution >= 0.6 is 0 Å². The Bertz CT molecular complexity index is 1550. The number of aromatic amines is 1. The molecule has 1 saturated heterocycles. The summed E-state index contributed by atoms with van der Waals surface area (Å²) in [5.74, 6) is 1.26. The quantitative estimate of drug-likeness (QED) is 0.298. The predicted molar refractivity (Wildman–Crippen MR) is 157 cm³/mol. The lowest BCUT2D eigenvalue weighted by Crippen LogP contribution is -2.49. The van der Waals surface area contributed by atoms with Gasteiger partial charge in [-0.2, -0.15) is 0 Å². The number of imidazole rings is 1. The van der Waals surface area contributed by atoms with Gasteiger partial charge in [0.05, 0.1) is 16.4 Å². The summed E-state index contributed by atoms with van der Waals surface area (Å²) < 4.78 is 2.36. The van der Waals surface area contributed by atoms with Gasteiger partial charge in [-0.3, -0.25) is 4.90 Å². The molecule has 4 N–H and O–H groups in total. The van der Waals surface area contributed by atoms with E-state index in [4.69, 9.17) is 10.7 Å². The molecule has 0 bridgehead atoms. The Balaban J connectivity index is 1.12. The van der Waals surface area contributed by atoms with E-state index < -0.39 is 0 Å². The second-order valence-corrected chi connectivity index (χ2v) is 11.0. The zero-order valence-electron chi connectivity index (χ0n) is 22.3. The normalized spacial score (nSPS) is 21.1. The van der Waals surface area contributed by atoms with Gasteiger partial charge in [0.1, 0.15) is 17.8 Å². The third kappa shape index (κ3) is 4.62. The zero-order valence-corrected chi connectivity index (χ0v) is 22.3. The van der Waals surface area contributed by atoms with Gasteiger partial charge in [0.25, 0.3) is 0 Å². The van der Waals surface area contributed by atoms with E-state index in [2.05, 4.69) is 72.1 Å². The molecule has 1 aliphatic carbocycles. The van der Waals surface area contributed by atoms with E-state index in [1.807, 2.05) is 24.3 Å². The van der Waals surface area contributed by atoms with E-state index >= 15 is 0 Å². The molecule has 0 radical (unpaired) electrons. The standard InChI is InChI=1S/C30H35N9/c1-37-14-16-38(17-15-37)22-10-12-23(13-11-22)39-18-24(27-28(31)32-19-33-29(27)39)20-6-8-21(9-7-20)34-30-35-25-4-2-3-5-26(25)36-30/h2-9,18-19,22-23H,10-17H2,1H3,(H2,31,32,33)(H2,34,35,36). The molecule has 39 heavy (non-hydrogen) atoms. The van der Waals surface area contributed by atoms with Gasteiger partial charge >= 0.3 is 0 Å². The molecule has 4 heterocycles. The van der Waals surface area contributed by atoms with Crippen LogP contribution in [0.15, 0.2) is 61.1 Å². The lowest BCUT2D eigenvalue weighted by Gasteiger charge is -2.41. The van der Waals surface area contributed by atoms with Crippen LogP contribution in [0.3, 0.4) is 0 Å². The molecule has 0 amide bonds. The molecule has 9 nitrogen and oxygen atoms in total. The molecule has 2 aromatic carbocycles. The average Bonchev–Trinajstić information content (AvgIpc) is 3.56. The highest BCUT2D eigenvalue weighted by atomic mass is 15.3. The number of anilines is 3. The van der Waals surface area contributed by atoms with Crippen LogP contribution < -0.4 is 11.1 Å². The Morgan fingerprint density at radius 1 is 0.897 bits per heavy atom. The van der Waals surface area contributed by atoms with Crippen LogP contribution in [0, 0.1) is 0 Å². The summed E-state index contributed by atoms with van der Waals surface area (Å²) >= 11 is 0. The maximum Gasteiger partial charge on any atom is 0.205 e. The smallest absolute Gasteiger partial charge is 0.205 e. The maximum absolute atomic E-state index is 6.44. The Labute approximate surface area is 228 Å². The van der Waals surface area contributed by atoms with Crippen LogP contribution in [0.25, 0.3) is 33.2 Å². The number of nitrogens with zero attached hydrogens (tertiary/aromatic N) is 6. The monoisotopic (exact) mass is 521 g/mol. The van der Waals surface area contributed by atoms with Crippen molar-refractivity contribution in [3.05, 3.63) is 61.1 Å². The van der Waals surface area contributed by atoms with E-state index in [1.54, 1.807) is 6.33 Å². The number of nitrogen functional groups attached to an aromatic ring is 1. The van der Waals surface area contributed by atoms with Crippen LogP contribution in [0.2, 0.25) is 0 Å². The van der Waals surface area contributed by atoms with Gasteiger partial charge in [-0.05, 0) is 62.6 Å². The van der Waals surface area contributed by atoms with Crippen molar-refractivity contribution in [1.82, 2.24) is 34.3 Å². The molecule has 1 saturated carbocycles. The Kier molecular flexibility index (Phi) is 6.17. The van der Waals surface area contributed by atoms with Crippen LogP contribution in [0.5, 0.6) is 0 Å². The van der Waals surface area contributed by atoms with Crippen molar-refractivity contribution in [3.8, 4) is 11.1 Å². The molecule has 0 atom stereocenters. The van der Waals surface area contributed by atoms with Crippen molar-refractivity contribution >= 4 is 39.5 Å². The summed E-state index contributed by atoms with van der Waals surface area (Å²) in [5, 5.41) is 4.32. The largest absolute Gasteiger partial charge is 0.383 e. The molecule has 0 spiro atoms. The number of H-pyrrole nitrogens is 1. The minimum atomic E-state index is 0.424. The van der Waals surface area contributed by atoms with Gasteiger partial charge in [0.15, 0.2) is 0 Å². The van der Waals surface area contributed by atoms with Crippen molar-refractivity contribution in [2.75, 3.05) is 44.3 Å². The number of nitrogens with two attached hydrogens (primary N) is 1. The minimum Gasteiger partial charge on any atom is -0.383 e. The highest BCUT2D eigenvalue weighted by Crippen LogP contribution is 2.39. The van der Waals surface area contributed by atoms with E-state index in [1.165, 1.54) is 39.0 Å². The number of hydrogen-bond acceptors (Lipinski definition) is 7. The first-order chi connectivity index (χ1) is 19.1. The fraction of sp³-hybridized carbons (Fsp3) is 0.367. The second kappa shape index (κ2) is 9.98. The van der Waals surface area contributed by atoms with Crippen molar-refractivity contribution in [3.63, 3.8) is 0 Å². The Morgan fingerprint density at radius 2 is 1.64 bits per heavy atom. The van der Waals surface area contributed by atoms with Crippen LogP contribution in [0.1, 0.15) is 31.7 Å². The first kappa shape index (κ1) is 24.1. The number of benzene rings is 2.